The molecule has 0 N–H and O–H groups in total. The second kappa shape index (κ2) is 4.53. The van der Waals surface area contributed by atoms with Gasteiger partial charge in [0.05, 0.1) is 14.5 Å². The lowest BCUT2D eigenvalue weighted by Gasteiger charge is -1.98. The van der Waals surface area contributed by atoms with Crippen LogP contribution in [0.25, 0.3) is 10.8 Å². The van der Waals surface area contributed by atoms with Crippen molar-refractivity contribution in [2.75, 3.05) is 0 Å². The number of nitriles is 2. The van der Waals surface area contributed by atoms with Gasteiger partial charge >= 0.3 is 0 Å². The Morgan fingerprint density at radius 3 is 1.65 bits per heavy atom. The summed E-state index contributed by atoms with van der Waals surface area (Å²) in [6.07, 6.45) is 0. The van der Waals surface area contributed by atoms with Crippen LogP contribution in [0.5, 0.6) is 0 Å². The number of hydrogen-bond donors (Lipinski definition) is 0. The topological polar surface area (TPSA) is 81.7 Å². The molecule has 0 saturated heterocycles. The van der Waals surface area contributed by atoms with E-state index in [2.05, 4.69) is 0 Å². The van der Waals surface area contributed by atoms with Crippen molar-refractivity contribution in [3.63, 3.8) is 0 Å². The zero-order valence-corrected chi connectivity index (χ0v) is 11.2. The van der Waals surface area contributed by atoms with E-state index in [0.29, 0.717) is 22.7 Å². The molecule has 1 aromatic carbocycles. The molecule has 0 amide bonds. The van der Waals surface area contributed by atoms with Gasteiger partial charge in [-0.15, -0.1) is 22.7 Å². The molecule has 2 aliphatic rings. The minimum Gasteiger partial charge on any atom is -0.288 e. The van der Waals surface area contributed by atoms with Gasteiger partial charge in [-0.2, -0.15) is 10.5 Å². The standard InChI is InChI=1S/C14H4N2O2S2/c15-5-9-10(6-16)20-14-12(18)8-4-2-1-3-7(8)11(17)13(14)19-9/h1-4H/i1D,2D,3D,4D. The van der Waals surface area contributed by atoms with E-state index in [-0.39, 0.29) is 18.8 Å². The molecule has 0 spiro atoms. The van der Waals surface area contributed by atoms with Crippen LogP contribution in [0.15, 0.2) is 33.8 Å². The first-order valence-electron chi connectivity index (χ1n) is 7.17. The SMILES string of the molecule is [2H]c1c([2H])c([2H])c2c(=O)c3sc(C#N)c(C#N)sc=3c(=O)c2c1[2H]. The highest BCUT2D eigenvalue weighted by atomic mass is 32.1. The van der Waals surface area contributed by atoms with Crippen LogP contribution in [-0.4, -0.2) is 0 Å². The molecule has 20 heavy (non-hydrogen) atoms. The molecule has 4 nitrogen and oxygen atoms in total. The van der Waals surface area contributed by atoms with E-state index in [1.165, 1.54) is 0 Å². The average molecular weight is 300 g/mol. The fourth-order valence-electron chi connectivity index (χ4n) is 1.72. The van der Waals surface area contributed by atoms with E-state index >= 15 is 0 Å². The Morgan fingerprint density at radius 2 is 1.30 bits per heavy atom. The molecule has 1 heterocycles. The Morgan fingerprint density at radius 1 is 0.900 bits per heavy atom. The monoisotopic (exact) mass is 300 g/mol. The maximum atomic E-state index is 12.7. The summed E-state index contributed by atoms with van der Waals surface area (Å²) in [5, 5.41) is 17.4. The number of nitrogens with zero attached hydrogens (tertiary/aromatic N) is 2. The normalized spacial score (nSPS) is 13.1. The van der Waals surface area contributed by atoms with Gasteiger partial charge < -0.3 is 0 Å². The zero-order valence-electron chi connectivity index (χ0n) is 13.5. The summed E-state index contributed by atoms with van der Waals surface area (Å²) in [6, 6.07) is 1.20. The molecule has 3 rings (SSSR count). The van der Waals surface area contributed by atoms with Crippen molar-refractivity contribution in [3.8, 4) is 12.1 Å². The van der Waals surface area contributed by atoms with E-state index in [1.54, 1.807) is 12.1 Å². The van der Waals surface area contributed by atoms with Crippen LogP contribution in [0.1, 0.15) is 15.2 Å². The summed E-state index contributed by atoms with van der Waals surface area (Å²) in [7, 11) is 0. The number of benzene rings is 1. The van der Waals surface area contributed by atoms with Crippen molar-refractivity contribution in [2.24, 2.45) is 0 Å². The highest BCUT2D eigenvalue weighted by molar-refractivity contribution is 7.18. The third-order valence-electron chi connectivity index (χ3n) is 2.58. The smallest absolute Gasteiger partial charge is 0.205 e. The van der Waals surface area contributed by atoms with E-state index in [4.69, 9.17) is 16.0 Å². The number of hydrogen-bond acceptors (Lipinski definition) is 6. The highest BCUT2D eigenvalue weighted by Crippen LogP contribution is 2.20. The van der Waals surface area contributed by atoms with Crippen molar-refractivity contribution in [2.45, 2.75) is 0 Å². The Hall–Kier alpha value is -2.54. The first kappa shape index (κ1) is 8.60. The van der Waals surface area contributed by atoms with Crippen LogP contribution < -0.4 is 10.9 Å². The lowest BCUT2D eigenvalue weighted by atomic mass is 10.1. The quantitative estimate of drug-likeness (QED) is 0.637. The first-order valence-corrected chi connectivity index (χ1v) is 6.80. The van der Waals surface area contributed by atoms with Crippen LogP contribution in [0.2, 0.25) is 0 Å². The predicted molar refractivity (Wildman–Crippen MR) is 77.0 cm³/mol. The molecular formula is C14H4N2O2S2. The molecule has 0 saturated carbocycles. The van der Waals surface area contributed by atoms with Gasteiger partial charge in [-0.1, -0.05) is 24.2 Å². The molecule has 1 aliphatic heterocycles. The Bertz CT molecular complexity index is 1210. The van der Waals surface area contributed by atoms with Gasteiger partial charge in [0, 0.05) is 10.8 Å². The largest absolute Gasteiger partial charge is 0.288 e. The van der Waals surface area contributed by atoms with E-state index in [0.717, 1.165) is 0 Å². The van der Waals surface area contributed by atoms with Crippen LogP contribution >= 0.6 is 22.7 Å². The summed E-state index contributed by atoms with van der Waals surface area (Å²) in [5.41, 5.74) is -1.48. The van der Waals surface area contributed by atoms with Crippen molar-refractivity contribution < 1.29 is 5.48 Å². The van der Waals surface area contributed by atoms with Gasteiger partial charge in [-0.25, -0.2) is 0 Å². The minimum atomic E-state index is -0.742. The van der Waals surface area contributed by atoms with E-state index in [1.807, 2.05) is 0 Å². The third-order valence-corrected chi connectivity index (χ3v) is 5.02. The minimum absolute atomic E-state index is 0.0216. The molecule has 0 aromatic heterocycles. The van der Waals surface area contributed by atoms with Crippen molar-refractivity contribution in [3.05, 3.63) is 63.4 Å². The molecular weight excluding hydrogens is 292 g/mol. The van der Waals surface area contributed by atoms with Gasteiger partial charge in [-0.3, -0.25) is 9.59 Å². The molecule has 0 unspecified atom stereocenters. The zero-order chi connectivity index (χ0) is 17.8. The highest BCUT2D eigenvalue weighted by Gasteiger charge is 2.12. The molecule has 0 atom stereocenters. The lowest BCUT2D eigenvalue weighted by Crippen LogP contribution is -2.13. The number of fused-ring (bicyclic) bond motifs is 1. The Kier molecular flexibility index (Phi) is 1.95. The molecule has 1 aromatic rings. The fraction of sp³-hybridized carbons (Fsp3) is 0. The maximum absolute atomic E-state index is 12.7. The molecule has 94 valence electrons. The van der Waals surface area contributed by atoms with Crippen molar-refractivity contribution >= 4 is 33.4 Å². The molecule has 0 fully saturated rings. The molecule has 6 heteroatoms. The number of rotatable bonds is 0. The van der Waals surface area contributed by atoms with Crippen LogP contribution in [0.3, 0.4) is 0 Å². The summed E-state index contributed by atoms with van der Waals surface area (Å²) < 4.78 is 30.9. The Balaban J connectivity index is 2.83. The van der Waals surface area contributed by atoms with Gasteiger partial charge in [0.1, 0.15) is 21.9 Å². The summed E-state index contributed by atoms with van der Waals surface area (Å²) in [6.45, 7) is 0. The van der Waals surface area contributed by atoms with Gasteiger partial charge in [0.2, 0.25) is 10.9 Å². The van der Waals surface area contributed by atoms with Gasteiger partial charge in [0.25, 0.3) is 0 Å². The average Bonchev–Trinajstić information content (AvgIpc) is 2.59. The summed E-state index contributed by atoms with van der Waals surface area (Å²) in [5.74, 6) is 0. The van der Waals surface area contributed by atoms with Crippen molar-refractivity contribution in [1.29, 1.82) is 10.5 Å². The predicted octanol–water partition coefficient (Wildman–Crippen LogP) is 2.15. The molecule has 1 aliphatic carbocycles. The van der Waals surface area contributed by atoms with Gasteiger partial charge in [0.15, 0.2) is 0 Å². The Labute approximate surface area is 125 Å². The molecule has 0 radical (unpaired) electrons. The maximum Gasteiger partial charge on any atom is 0.205 e. The van der Waals surface area contributed by atoms with Crippen molar-refractivity contribution in [1.82, 2.24) is 0 Å². The van der Waals surface area contributed by atoms with Gasteiger partial charge in [-0.05, 0) is 0 Å². The van der Waals surface area contributed by atoms with E-state index in [9.17, 15) is 9.59 Å². The second-order valence-corrected chi connectivity index (χ2v) is 5.69. The summed E-state index contributed by atoms with van der Waals surface area (Å²) in [4.78, 5) is 25.3. The second-order valence-electron chi connectivity index (χ2n) is 3.65. The molecule has 0 bridgehead atoms. The van der Waals surface area contributed by atoms with E-state index < -0.39 is 45.8 Å². The van der Waals surface area contributed by atoms with Crippen LogP contribution in [0.4, 0.5) is 0 Å². The fourth-order valence-corrected chi connectivity index (χ4v) is 3.75. The van der Waals surface area contributed by atoms with Crippen LogP contribution in [0, 0.1) is 31.7 Å². The summed E-state index contributed by atoms with van der Waals surface area (Å²) >= 11 is 1.36. The first-order chi connectivity index (χ1) is 11.3. The third kappa shape index (κ3) is 1.64. The lowest BCUT2D eigenvalue weighted by molar-refractivity contribution is 1.49. The van der Waals surface area contributed by atoms with Crippen LogP contribution in [-0.2, 0) is 0 Å².